The molecule has 0 atom stereocenters. The number of aliphatic hydroxyl groups is 1. The summed E-state index contributed by atoms with van der Waals surface area (Å²) in [6.07, 6.45) is 9.08. The molecule has 0 spiro atoms. The smallest absolute Gasteiger partial charge is 0.173 e. The number of anilines is 2. The zero-order valence-electron chi connectivity index (χ0n) is 15.2. The topological polar surface area (TPSA) is 79.1 Å². The molecule has 0 amide bonds. The number of nitrogens with one attached hydrogen (secondary N) is 1. The maximum Gasteiger partial charge on any atom is 0.173 e. The number of benzene rings is 1. The van der Waals surface area contributed by atoms with Gasteiger partial charge in [0.25, 0.3) is 0 Å². The minimum atomic E-state index is 0.308. The summed E-state index contributed by atoms with van der Waals surface area (Å²) in [5.41, 5.74) is 2.44. The molecule has 0 unspecified atom stereocenters. The Morgan fingerprint density at radius 1 is 1.11 bits per heavy atom. The molecule has 1 aliphatic rings. The van der Waals surface area contributed by atoms with Crippen molar-refractivity contribution in [2.24, 2.45) is 5.92 Å². The molecular weight excluding hydrogens is 340 g/mol. The molecule has 0 saturated carbocycles. The van der Waals surface area contributed by atoms with E-state index in [1.54, 1.807) is 23.3 Å². The largest absolute Gasteiger partial charge is 0.396 e. The van der Waals surface area contributed by atoms with Crippen molar-refractivity contribution in [1.29, 1.82) is 0 Å². The van der Waals surface area contributed by atoms with Crippen molar-refractivity contribution >= 4 is 11.5 Å². The Bertz CT molecular complexity index is 841. The van der Waals surface area contributed by atoms with Gasteiger partial charge in [-0.15, -0.1) is 0 Å². The molecule has 140 valence electrons. The molecule has 1 fully saturated rings. The molecule has 3 heterocycles. The Hall–Kier alpha value is -2.93. The van der Waals surface area contributed by atoms with Crippen LogP contribution in [0.5, 0.6) is 0 Å². The van der Waals surface area contributed by atoms with E-state index >= 15 is 0 Å². The van der Waals surface area contributed by atoms with Crippen molar-refractivity contribution in [3.63, 3.8) is 0 Å². The van der Waals surface area contributed by atoms with Crippen LogP contribution in [0.3, 0.4) is 0 Å². The lowest BCUT2D eigenvalue weighted by molar-refractivity contribution is 0.203. The zero-order valence-corrected chi connectivity index (χ0v) is 15.2. The molecule has 7 heteroatoms. The maximum atomic E-state index is 9.27. The summed E-state index contributed by atoms with van der Waals surface area (Å²) in [6.45, 7) is 3.02. The summed E-state index contributed by atoms with van der Waals surface area (Å²) in [5, 5.41) is 16.8. The highest BCUT2D eigenvalue weighted by atomic mass is 16.3. The lowest BCUT2D eigenvalue weighted by Crippen LogP contribution is -2.34. The van der Waals surface area contributed by atoms with E-state index in [2.05, 4.69) is 49.5 Å². The lowest BCUT2D eigenvalue weighted by atomic mass is 9.97. The number of nitrogens with zero attached hydrogens (tertiary/aromatic N) is 5. The summed E-state index contributed by atoms with van der Waals surface area (Å²) in [4.78, 5) is 11.2. The van der Waals surface area contributed by atoms with Crippen LogP contribution in [0.1, 0.15) is 18.4 Å². The molecule has 2 aromatic heterocycles. The highest BCUT2D eigenvalue weighted by Gasteiger charge is 2.18. The van der Waals surface area contributed by atoms with Crippen LogP contribution in [0.15, 0.2) is 55.1 Å². The van der Waals surface area contributed by atoms with Crippen molar-refractivity contribution in [1.82, 2.24) is 19.7 Å². The lowest BCUT2D eigenvalue weighted by Gasteiger charge is -2.33. The molecular formula is C20H24N6O. The second kappa shape index (κ2) is 8.18. The average Bonchev–Trinajstić information content (AvgIpc) is 3.28. The van der Waals surface area contributed by atoms with E-state index in [1.807, 2.05) is 12.3 Å². The number of piperidine rings is 1. The zero-order chi connectivity index (χ0) is 18.5. The first-order valence-corrected chi connectivity index (χ1v) is 9.32. The van der Waals surface area contributed by atoms with Crippen molar-refractivity contribution in [2.75, 3.05) is 29.9 Å². The van der Waals surface area contributed by atoms with Gasteiger partial charge in [0.2, 0.25) is 0 Å². The predicted octanol–water partition coefficient (Wildman–Crippen LogP) is 2.48. The Balaban J connectivity index is 1.35. The molecule has 4 rings (SSSR count). The third kappa shape index (κ3) is 4.25. The third-order valence-electron chi connectivity index (χ3n) is 5.01. The number of hydrogen-bond acceptors (Lipinski definition) is 6. The second-order valence-electron chi connectivity index (χ2n) is 6.85. The summed E-state index contributed by atoms with van der Waals surface area (Å²) < 4.78 is 1.69. The predicted molar refractivity (Wildman–Crippen MR) is 105 cm³/mol. The summed E-state index contributed by atoms with van der Waals surface area (Å²) in [5.74, 6) is 1.87. The van der Waals surface area contributed by atoms with Gasteiger partial charge in [0.05, 0.1) is 12.4 Å². The van der Waals surface area contributed by atoms with E-state index in [-0.39, 0.29) is 0 Å². The fourth-order valence-corrected chi connectivity index (χ4v) is 3.35. The Morgan fingerprint density at radius 3 is 2.63 bits per heavy atom. The summed E-state index contributed by atoms with van der Waals surface area (Å²) in [7, 11) is 0. The van der Waals surface area contributed by atoms with Crippen LogP contribution < -0.4 is 10.2 Å². The van der Waals surface area contributed by atoms with Crippen molar-refractivity contribution < 1.29 is 5.11 Å². The van der Waals surface area contributed by atoms with E-state index in [1.165, 1.54) is 11.3 Å². The van der Waals surface area contributed by atoms with Crippen LogP contribution in [0.2, 0.25) is 0 Å². The van der Waals surface area contributed by atoms with Gasteiger partial charge in [-0.3, -0.25) is 4.98 Å². The Morgan fingerprint density at radius 2 is 1.93 bits per heavy atom. The van der Waals surface area contributed by atoms with Gasteiger partial charge >= 0.3 is 0 Å². The van der Waals surface area contributed by atoms with E-state index in [9.17, 15) is 5.11 Å². The van der Waals surface area contributed by atoms with Crippen molar-refractivity contribution in [2.45, 2.75) is 19.4 Å². The normalized spacial score (nSPS) is 15.1. The molecule has 1 aliphatic heterocycles. The minimum absolute atomic E-state index is 0.308. The van der Waals surface area contributed by atoms with Crippen molar-refractivity contribution in [3.05, 3.63) is 60.7 Å². The van der Waals surface area contributed by atoms with Gasteiger partial charge in [-0.05, 0) is 42.5 Å². The Labute approximate surface area is 158 Å². The first-order valence-electron chi connectivity index (χ1n) is 9.32. The molecule has 1 aromatic carbocycles. The van der Waals surface area contributed by atoms with Crippen LogP contribution in [0.25, 0.3) is 5.82 Å². The minimum Gasteiger partial charge on any atom is -0.396 e. The number of aliphatic hydroxyl groups excluding tert-OH is 1. The van der Waals surface area contributed by atoms with Crippen LogP contribution in [-0.2, 0) is 6.54 Å². The van der Waals surface area contributed by atoms with Crippen LogP contribution >= 0.6 is 0 Å². The third-order valence-corrected chi connectivity index (χ3v) is 5.01. The van der Waals surface area contributed by atoms with Crippen molar-refractivity contribution in [3.8, 4) is 5.82 Å². The number of aromatic nitrogens is 4. The van der Waals surface area contributed by atoms with Gasteiger partial charge in [0.15, 0.2) is 5.82 Å². The van der Waals surface area contributed by atoms with Gasteiger partial charge in [0, 0.05) is 44.3 Å². The number of hydrogen-bond donors (Lipinski definition) is 2. The van der Waals surface area contributed by atoms with Crippen LogP contribution in [0, 0.1) is 5.92 Å². The van der Waals surface area contributed by atoms with E-state index < -0.39 is 0 Å². The van der Waals surface area contributed by atoms with Gasteiger partial charge in [-0.2, -0.15) is 5.10 Å². The second-order valence-corrected chi connectivity index (χ2v) is 6.85. The molecule has 27 heavy (non-hydrogen) atoms. The van der Waals surface area contributed by atoms with E-state index in [0.29, 0.717) is 24.9 Å². The molecule has 0 radical (unpaired) electrons. The van der Waals surface area contributed by atoms with Gasteiger partial charge in [-0.1, -0.05) is 12.1 Å². The molecule has 0 bridgehead atoms. The van der Waals surface area contributed by atoms with Crippen LogP contribution in [-0.4, -0.2) is 44.6 Å². The highest BCUT2D eigenvalue weighted by molar-refractivity contribution is 5.48. The van der Waals surface area contributed by atoms with Gasteiger partial charge in [0.1, 0.15) is 5.82 Å². The summed E-state index contributed by atoms with van der Waals surface area (Å²) >= 11 is 0. The average molecular weight is 364 g/mol. The van der Waals surface area contributed by atoms with Gasteiger partial charge < -0.3 is 15.3 Å². The molecule has 2 N–H and O–H groups in total. The molecule has 7 nitrogen and oxygen atoms in total. The van der Waals surface area contributed by atoms with E-state index in [4.69, 9.17) is 0 Å². The highest BCUT2D eigenvalue weighted by Crippen LogP contribution is 2.23. The number of rotatable bonds is 6. The first-order chi connectivity index (χ1) is 13.3. The molecule has 3 aromatic rings. The monoisotopic (exact) mass is 364 g/mol. The standard InChI is InChI=1S/C20H24N6O/c27-15-17-6-10-25(11-7-17)18-4-2-16(3-5-18)12-22-19-13-21-14-20(24-19)26-9-1-8-23-26/h1-5,8-9,13-14,17,27H,6-7,10-12,15H2,(H,22,24). The summed E-state index contributed by atoms with van der Waals surface area (Å²) in [6, 6.07) is 10.5. The Kier molecular flexibility index (Phi) is 5.29. The van der Waals surface area contributed by atoms with E-state index in [0.717, 1.165) is 31.7 Å². The van der Waals surface area contributed by atoms with Gasteiger partial charge in [-0.25, -0.2) is 9.67 Å². The fourth-order valence-electron chi connectivity index (χ4n) is 3.35. The molecule has 0 aliphatic carbocycles. The molecule has 1 saturated heterocycles. The maximum absolute atomic E-state index is 9.27. The quantitative estimate of drug-likeness (QED) is 0.700. The fraction of sp³-hybridized carbons (Fsp3) is 0.350. The first kappa shape index (κ1) is 17.5. The van der Waals surface area contributed by atoms with Crippen LogP contribution in [0.4, 0.5) is 11.5 Å². The SMILES string of the molecule is OCC1CCN(c2ccc(CNc3cncc(-n4cccn4)n3)cc2)CC1.